The maximum Gasteiger partial charge on any atom is 0.235 e. The van der Waals surface area contributed by atoms with Gasteiger partial charge in [-0.3, -0.25) is 4.79 Å². The van der Waals surface area contributed by atoms with Crippen molar-refractivity contribution in [3.63, 3.8) is 0 Å². The number of carbonyl (C=O) groups excluding carboxylic acids is 1. The lowest BCUT2D eigenvalue weighted by Gasteiger charge is -2.28. The predicted octanol–water partition coefficient (Wildman–Crippen LogP) is 5.42. The van der Waals surface area contributed by atoms with E-state index in [1.54, 1.807) is 7.11 Å². The Labute approximate surface area is 154 Å². The molecular formula is C21H24ClNO2. The van der Waals surface area contributed by atoms with Crippen molar-refractivity contribution in [2.45, 2.75) is 44.9 Å². The molecule has 1 fully saturated rings. The Morgan fingerprint density at radius 3 is 2.16 bits per heavy atom. The lowest BCUT2D eigenvalue weighted by atomic mass is 9.78. The summed E-state index contributed by atoms with van der Waals surface area (Å²) in [5.74, 6) is 0.933. The molecule has 1 amide bonds. The number of benzene rings is 2. The van der Waals surface area contributed by atoms with Gasteiger partial charge in [-0.2, -0.15) is 0 Å². The average molecular weight is 358 g/mol. The highest BCUT2D eigenvalue weighted by molar-refractivity contribution is 6.30. The van der Waals surface area contributed by atoms with Crippen LogP contribution in [0.15, 0.2) is 36.4 Å². The minimum atomic E-state index is -0.466. The highest BCUT2D eigenvalue weighted by Crippen LogP contribution is 2.42. The highest BCUT2D eigenvalue weighted by atomic mass is 35.5. The van der Waals surface area contributed by atoms with Gasteiger partial charge < -0.3 is 10.1 Å². The van der Waals surface area contributed by atoms with Crippen molar-refractivity contribution in [1.82, 2.24) is 0 Å². The summed E-state index contributed by atoms with van der Waals surface area (Å²) >= 11 is 6.02. The van der Waals surface area contributed by atoms with Crippen LogP contribution in [0.5, 0.6) is 5.75 Å². The van der Waals surface area contributed by atoms with Gasteiger partial charge in [-0.25, -0.2) is 0 Å². The Balaban J connectivity index is 1.91. The summed E-state index contributed by atoms with van der Waals surface area (Å²) < 4.78 is 5.41. The third-order valence-corrected chi connectivity index (χ3v) is 5.46. The number of amides is 1. The number of ether oxygens (including phenoxy) is 1. The highest BCUT2D eigenvalue weighted by Gasteiger charge is 2.42. The van der Waals surface area contributed by atoms with Gasteiger partial charge >= 0.3 is 0 Å². The van der Waals surface area contributed by atoms with Crippen molar-refractivity contribution in [2.24, 2.45) is 0 Å². The van der Waals surface area contributed by atoms with Crippen LogP contribution in [0.25, 0.3) is 0 Å². The molecule has 0 atom stereocenters. The molecule has 1 aliphatic carbocycles. The van der Waals surface area contributed by atoms with Crippen LogP contribution in [0.2, 0.25) is 5.02 Å². The zero-order chi connectivity index (χ0) is 18.0. The van der Waals surface area contributed by atoms with Gasteiger partial charge in [0.2, 0.25) is 5.91 Å². The number of aryl methyl sites for hydroxylation is 2. The minimum Gasteiger partial charge on any atom is -0.496 e. The van der Waals surface area contributed by atoms with Crippen LogP contribution in [-0.4, -0.2) is 13.0 Å². The van der Waals surface area contributed by atoms with E-state index in [0.717, 1.165) is 53.8 Å². The zero-order valence-corrected chi connectivity index (χ0v) is 15.7. The Kier molecular flexibility index (Phi) is 5.05. The molecule has 132 valence electrons. The van der Waals surface area contributed by atoms with Crippen LogP contribution >= 0.6 is 11.6 Å². The van der Waals surface area contributed by atoms with E-state index in [2.05, 4.69) is 5.32 Å². The molecule has 1 aliphatic rings. The number of nitrogens with one attached hydrogen (secondary N) is 1. The fourth-order valence-corrected chi connectivity index (χ4v) is 4.12. The molecule has 0 spiro atoms. The summed E-state index contributed by atoms with van der Waals surface area (Å²) in [6, 6.07) is 11.6. The molecular weight excluding hydrogens is 334 g/mol. The van der Waals surface area contributed by atoms with Gasteiger partial charge in [-0.1, -0.05) is 36.6 Å². The van der Waals surface area contributed by atoms with Crippen LogP contribution in [0.3, 0.4) is 0 Å². The topological polar surface area (TPSA) is 38.3 Å². The van der Waals surface area contributed by atoms with Crippen molar-refractivity contribution in [3.8, 4) is 5.75 Å². The maximum absolute atomic E-state index is 13.2. The quantitative estimate of drug-likeness (QED) is 0.793. The molecule has 0 heterocycles. The Bertz CT molecular complexity index is 754. The Morgan fingerprint density at radius 2 is 1.64 bits per heavy atom. The fourth-order valence-electron chi connectivity index (χ4n) is 3.99. The monoisotopic (exact) mass is 357 g/mol. The second-order valence-corrected chi connectivity index (χ2v) is 7.33. The fraction of sp³-hybridized carbons (Fsp3) is 0.381. The summed E-state index contributed by atoms with van der Waals surface area (Å²) in [5.41, 5.74) is 3.44. The van der Waals surface area contributed by atoms with Gasteiger partial charge in [0.05, 0.1) is 12.5 Å². The van der Waals surface area contributed by atoms with Crippen LogP contribution in [0, 0.1) is 13.8 Å². The number of hydrogen-bond acceptors (Lipinski definition) is 2. The summed E-state index contributed by atoms with van der Waals surface area (Å²) in [6.45, 7) is 3.98. The Morgan fingerprint density at radius 1 is 1.08 bits per heavy atom. The first kappa shape index (κ1) is 17.8. The average Bonchev–Trinajstić information content (AvgIpc) is 3.06. The first-order chi connectivity index (χ1) is 12.0. The first-order valence-corrected chi connectivity index (χ1v) is 9.07. The SMILES string of the molecule is COc1c(C)cc(NC(=O)C2(c3ccc(Cl)cc3)CCCC2)cc1C. The molecule has 25 heavy (non-hydrogen) atoms. The van der Waals surface area contributed by atoms with Gasteiger partial charge in [0.25, 0.3) is 0 Å². The largest absolute Gasteiger partial charge is 0.496 e. The smallest absolute Gasteiger partial charge is 0.235 e. The van der Waals surface area contributed by atoms with Gasteiger partial charge in [0.1, 0.15) is 5.75 Å². The molecule has 4 heteroatoms. The first-order valence-electron chi connectivity index (χ1n) is 8.69. The molecule has 3 nitrogen and oxygen atoms in total. The van der Waals surface area contributed by atoms with E-state index >= 15 is 0 Å². The molecule has 0 saturated heterocycles. The second-order valence-electron chi connectivity index (χ2n) is 6.89. The normalized spacial score (nSPS) is 15.8. The van der Waals surface area contributed by atoms with Crippen molar-refractivity contribution >= 4 is 23.2 Å². The van der Waals surface area contributed by atoms with Gasteiger partial charge in [0.15, 0.2) is 0 Å². The van der Waals surface area contributed by atoms with Crippen LogP contribution in [0.1, 0.15) is 42.4 Å². The van der Waals surface area contributed by atoms with Crippen molar-refractivity contribution in [1.29, 1.82) is 0 Å². The van der Waals surface area contributed by atoms with Crippen molar-refractivity contribution < 1.29 is 9.53 Å². The van der Waals surface area contributed by atoms with E-state index in [1.165, 1.54) is 0 Å². The lowest BCUT2D eigenvalue weighted by Crippen LogP contribution is -2.38. The van der Waals surface area contributed by atoms with E-state index in [4.69, 9.17) is 16.3 Å². The molecule has 0 aromatic heterocycles. The van der Waals surface area contributed by atoms with Gasteiger partial charge in [-0.05, 0) is 67.6 Å². The number of carbonyl (C=O) groups is 1. The summed E-state index contributed by atoms with van der Waals surface area (Å²) in [5, 5.41) is 3.84. The second kappa shape index (κ2) is 7.09. The molecule has 1 N–H and O–H groups in total. The van der Waals surface area contributed by atoms with Gasteiger partial charge in [-0.15, -0.1) is 0 Å². The van der Waals surface area contributed by atoms with Gasteiger partial charge in [0, 0.05) is 10.7 Å². The molecule has 3 rings (SSSR count). The van der Waals surface area contributed by atoms with E-state index in [0.29, 0.717) is 5.02 Å². The number of hydrogen-bond donors (Lipinski definition) is 1. The molecule has 1 saturated carbocycles. The van der Waals surface area contributed by atoms with E-state index in [9.17, 15) is 4.79 Å². The van der Waals surface area contributed by atoms with Crippen LogP contribution in [0.4, 0.5) is 5.69 Å². The number of rotatable bonds is 4. The number of anilines is 1. The maximum atomic E-state index is 13.2. The van der Waals surface area contributed by atoms with E-state index in [1.807, 2.05) is 50.2 Å². The molecule has 2 aromatic rings. The molecule has 0 aliphatic heterocycles. The molecule has 0 unspecified atom stereocenters. The summed E-state index contributed by atoms with van der Waals surface area (Å²) in [6.07, 6.45) is 3.87. The lowest BCUT2D eigenvalue weighted by molar-refractivity contribution is -0.121. The summed E-state index contributed by atoms with van der Waals surface area (Å²) in [7, 11) is 1.67. The number of halogens is 1. The number of methoxy groups -OCH3 is 1. The van der Waals surface area contributed by atoms with Crippen LogP contribution in [-0.2, 0) is 10.2 Å². The van der Waals surface area contributed by atoms with E-state index in [-0.39, 0.29) is 5.91 Å². The predicted molar refractivity (Wildman–Crippen MR) is 103 cm³/mol. The zero-order valence-electron chi connectivity index (χ0n) is 15.0. The molecule has 0 bridgehead atoms. The van der Waals surface area contributed by atoms with E-state index < -0.39 is 5.41 Å². The molecule has 2 aromatic carbocycles. The Hall–Kier alpha value is -2.00. The third-order valence-electron chi connectivity index (χ3n) is 5.21. The standard InChI is InChI=1S/C21H24ClNO2/c1-14-12-18(13-15(2)19(14)25-3)23-20(24)21(10-4-5-11-21)16-6-8-17(22)9-7-16/h6-9,12-13H,4-5,10-11H2,1-3H3,(H,23,24). The van der Waals surface area contributed by atoms with Crippen LogP contribution < -0.4 is 10.1 Å². The summed E-state index contributed by atoms with van der Waals surface area (Å²) in [4.78, 5) is 13.2. The molecule has 0 radical (unpaired) electrons. The minimum absolute atomic E-state index is 0.0660. The third kappa shape index (κ3) is 3.38. The van der Waals surface area contributed by atoms with Crippen molar-refractivity contribution in [2.75, 3.05) is 12.4 Å². The van der Waals surface area contributed by atoms with Crippen molar-refractivity contribution in [3.05, 3.63) is 58.1 Å².